The molecule has 0 spiro atoms. The van der Waals surface area contributed by atoms with Gasteiger partial charge in [-0.3, -0.25) is 0 Å². The number of aliphatic hydroxyl groups is 2. The number of carboxylic acid groups (broad SMARTS) is 1. The smallest absolute Gasteiger partial charge is 0.341 e. The summed E-state index contributed by atoms with van der Waals surface area (Å²) in [6.45, 7) is -2.49. The molecule has 0 aliphatic heterocycles. The van der Waals surface area contributed by atoms with Crippen molar-refractivity contribution < 1.29 is 31.7 Å². The Bertz CT molecular complexity index is 828. The zero-order valence-electron chi connectivity index (χ0n) is 21.1. The van der Waals surface area contributed by atoms with E-state index in [0.29, 0.717) is 50.5 Å². The predicted octanol–water partition coefficient (Wildman–Crippen LogP) is 3.58. The highest BCUT2D eigenvalue weighted by Crippen LogP contribution is 2.48. The standard InChI is InChI=1S/C23H34O5/c1-2-3-4-7-17(24)9-10-18-19-11-15-6-5-8-22(28-14-23(26)27)20(15)12-16(19)13-21(18)25/h5-6,8,16-19,21,24-25H,2-4,7,9-14H2,1H3,(H,26,27)/t16-,17-,18+,19-,21+/m0/s1/i1D3,12D2. The molecule has 5 nitrogen and oxygen atoms in total. The fraction of sp³-hybridized carbons (Fsp3) is 0.696. The van der Waals surface area contributed by atoms with Gasteiger partial charge in [0.05, 0.1) is 12.2 Å². The van der Waals surface area contributed by atoms with Crippen molar-refractivity contribution in [1.29, 1.82) is 0 Å². The second-order valence-electron chi connectivity index (χ2n) is 8.04. The Labute approximate surface area is 174 Å². The second-order valence-corrected chi connectivity index (χ2v) is 8.04. The van der Waals surface area contributed by atoms with E-state index in [-0.39, 0.29) is 24.0 Å². The van der Waals surface area contributed by atoms with Crippen LogP contribution in [0.1, 0.15) is 69.8 Å². The van der Waals surface area contributed by atoms with Crippen LogP contribution in [0.4, 0.5) is 0 Å². The molecule has 156 valence electrons. The minimum absolute atomic E-state index is 0.0833. The molecule has 2 aliphatic carbocycles. The summed E-state index contributed by atoms with van der Waals surface area (Å²) in [5, 5.41) is 30.1. The summed E-state index contributed by atoms with van der Waals surface area (Å²) in [4.78, 5) is 10.9. The summed E-state index contributed by atoms with van der Waals surface area (Å²) in [5.41, 5.74) is 1.16. The Morgan fingerprint density at radius 2 is 2.25 bits per heavy atom. The average Bonchev–Trinajstić information content (AvgIpc) is 3.03. The van der Waals surface area contributed by atoms with Crippen LogP contribution in [0, 0.1) is 17.8 Å². The van der Waals surface area contributed by atoms with Gasteiger partial charge in [0.25, 0.3) is 0 Å². The van der Waals surface area contributed by atoms with E-state index in [9.17, 15) is 15.0 Å². The highest BCUT2D eigenvalue weighted by molar-refractivity contribution is 5.68. The number of hydrogen-bond donors (Lipinski definition) is 3. The van der Waals surface area contributed by atoms with Gasteiger partial charge < -0.3 is 20.1 Å². The largest absolute Gasteiger partial charge is 0.482 e. The van der Waals surface area contributed by atoms with Gasteiger partial charge in [-0.25, -0.2) is 4.79 Å². The van der Waals surface area contributed by atoms with E-state index in [4.69, 9.17) is 16.7 Å². The van der Waals surface area contributed by atoms with Gasteiger partial charge in [0.2, 0.25) is 0 Å². The Hall–Kier alpha value is -1.59. The van der Waals surface area contributed by atoms with Crippen LogP contribution in [0.5, 0.6) is 5.75 Å². The van der Waals surface area contributed by atoms with Crippen molar-refractivity contribution in [2.24, 2.45) is 17.8 Å². The zero-order valence-corrected chi connectivity index (χ0v) is 16.1. The zero-order chi connectivity index (χ0) is 24.4. The third kappa shape index (κ3) is 5.06. The van der Waals surface area contributed by atoms with Crippen LogP contribution in [0.3, 0.4) is 0 Å². The monoisotopic (exact) mass is 395 g/mol. The van der Waals surface area contributed by atoms with Gasteiger partial charge in [0.15, 0.2) is 6.61 Å². The molecule has 3 rings (SSSR count). The first-order valence-corrected chi connectivity index (χ1v) is 10.2. The number of carbonyl (C=O) groups is 1. The molecule has 0 bridgehead atoms. The highest BCUT2D eigenvalue weighted by Gasteiger charge is 2.44. The van der Waals surface area contributed by atoms with Gasteiger partial charge >= 0.3 is 5.97 Å². The summed E-state index contributed by atoms with van der Waals surface area (Å²) in [5.74, 6) is -1.53. The number of unbranched alkanes of at least 4 members (excludes halogenated alkanes) is 1. The summed E-state index contributed by atoms with van der Waals surface area (Å²) >= 11 is 0. The number of fused-ring (bicyclic) bond motifs is 2. The van der Waals surface area contributed by atoms with Crippen molar-refractivity contribution in [2.75, 3.05) is 6.61 Å². The van der Waals surface area contributed by atoms with Crippen LogP contribution in [-0.4, -0.2) is 40.1 Å². The molecule has 2 aliphatic rings. The van der Waals surface area contributed by atoms with Crippen molar-refractivity contribution in [3.8, 4) is 5.75 Å². The molecular formula is C23H34O5. The van der Waals surface area contributed by atoms with E-state index in [1.165, 1.54) is 0 Å². The molecule has 0 unspecified atom stereocenters. The van der Waals surface area contributed by atoms with Gasteiger partial charge in [-0.05, 0) is 73.4 Å². The lowest BCUT2D eigenvalue weighted by Gasteiger charge is -2.32. The van der Waals surface area contributed by atoms with Gasteiger partial charge in [-0.15, -0.1) is 0 Å². The molecule has 5 heteroatoms. The number of benzene rings is 1. The maximum Gasteiger partial charge on any atom is 0.341 e. The quantitative estimate of drug-likeness (QED) is 0.527. The lowest BCUT2D eigenvalue weighted by Crippen LogP contribution is -2.28. The number of aliphatic carboxylic acids is 1. The van der Waals surface area contributed by atoms with Crippen molar-refractivity contribution in [3.05, 3.63) is 29.3 Å². The van der Waals surface area contributed by atoms with E-state index in [0.717, 1.165) is 5.56 Å². The topological polar surface area (TPSA) is 87.0 Å². The molecule has 0 saturated heterocycles. The van der Waals surface area contributed by atoms with Crippen LogP contribution in [0.2, 0.25) is 0 Å². The molecule has 0 radical (unpaired) electrons. The minimum atomic E-state index is -1.94. The maximum atomic E-state index is 10.9. The van der Waals surface area contributed by atoms with Crippen molar-refractivity contribution in [2.45, 2.75) is 76.8 Å². The van der Waals surface area contributed by atoms with Crippen LogP contribution in [-0.2, 0) is 17.6 Å². The summed E-state index contributed by atoms with van der Waals surface area (Å²) in [7, 11) is 0. The minimum Gasteiger partial charge on any atom is -0.482 e. The normalized spacial score (nSPS) is 32.0. The maximum absolute atomic E-state index is 10.9. The van der Waals surface area contributed by atoms with Gasteiger partial charge in [0.1, 0.15) is 5.75 Å². The summed E-state index contributed by atoms with van der Waals surface area (Å²) in [6, 6.07) is 5.15. The van der Waals surface area contributed by atoms with E-state index in [2.05, 4.69) is 0 Å². The first-order valence-electron chi connectivity index (χ1n) is 12.7. The Morgan fingerprint density at radius 1 is 1.39 bits per heavy atom. The van der Waals surface area contributed by atoms with Gasteiger partial charge in [-0.1, -0.05) is 38.2 Å². The number of rotatable bonds is 10. The van der Waals surface area contributed by atoms with Crippen LogP contribution in [0.15, 0.2) is 18.2 Å². The third-order valence-electron chi connectivity index (χ3n) is 6.10. The predicted molar refractivity (Wildman–Crippen MR) is 107 cm³/mol. The molecule has 0 aromatic heterocycles. The van der Waals surface area contributed by atoms with E-state index in [1.807, 2.05) is 6.07 Å². The highest BCUT2D eigenvalue weighted by atomic mass is 16.5. The Morgan fingerprint density at radius 3 is 3.04 bits per heavy atom. The Kier molecular flexibility index (Phi) is 5.32. The SMILES string of the molecule is [2H]C([2H])([2H])CCCC[C@H](O)CC[C@@H]1[C@H]2Cc3cccc(OCC(=O)O)c3C([2H])([2H])[C@H]2C[C@H]1O. The van der Waals surface area contributed by atoms with Crippen molar-refractivity contribution in [3.63, 3.8) is 0 Å². The average molecular weight is 396 g/mol. The van der Waals surface area contributed by atoms with Crippen LogP contribution in [0.25, 0.3) is 0 Å². The number of ether oxygens (including phenoxy) is 1. The second kappa shape index (κ2) is 9.75. The molecule has 0 amide bonds. The lowest BCUT2D eigenvalue weighted by atomic mass is 9.73. The molecule has 1 aromatic carbocycles. The molecular weight excluding hydrogens is 356 g/mol. The van der Waals surface area contributed by atoms with Gasteiger partial charge in [0, 0.05) is 6.85 Å². The van der Waals surface area contributed by atoms with Crippen molar-refractivity contribution in [1.82, 2.24) is 0 Å². The number of hydrogen-bond acceptors (Lipinski definition) is 4. The van der Waals surface area contributed by atoms with Crippen LogP contribution >= 0.6 is 0 Å². The molecule has 1 saturated carbocycles. The molecule has 0 heterocycles. The summed E-state index contributed by atoms with van der Waals surface area (Å²) < 4.78 is 44.8. The summed E-state index contributed by atoms with van der Waals surface area (Å²) in [6.07, 6.45) is 0.743. The first kappa shape index (κ1) is 15.3. The van der Waals surface area contributed by atoms with Gasteiger partial charge in [-0.2, -0.15) is 0 Å². The van der Waals surface area contributed by atoms with E-state index in [1.54, 1.807) is 12.1 Å². The van der Waals surface area contributed by atoms with E-state index < -0.39 is 43.9 Å². The molecule has 1 fully saturated rings. The Balaban J connectivity index is 1.65. The molecule has 3 N–H and O–H groups in total. The fourth-order valence-electron chi connectivity index (χ4n) is 4.70. The molecule has 28 heavy (non-hydrogen) atoms. The third-order valence-corrected chi connectivity index (χ3v) is 6.10. The molecule has 5 atom stereocenters. The lowest BCUT2D eigenvalue weighted by molar-refractivity contribution is -0.139. The molecule has 1 aromatic rings. The van der Waals surface area contributed by atoms with E-state index >= 15 is 0 Å². The first-order chi connectivity index (χ1) is 15.4. The fourth-order valence-corrected chi connectivity index (χ4v) is 4.70. The van der Waals surface area contributed by atoms with Crippen LogP contribution < -0.4 is 4.74 Å². The number of carboxylic acids is 1. The number of aliphatic hydroxyl groups excluding tert-OH is 2. The van der Waals surface area contributed by atoms with Crippen molar-refractivity contribution >= 4 is 5.97 Å².